The Balaban J connectivity index is 3.64. The van der Waals surface area contributed by atoms with E-state index in [1.54, 1.807) is 12.6 Å². The van der Waals surface area contributed by atoms with E-state index in [9.17, 15) is 8.42 Å². The van der Waals surface area contributed by atoms with E-state index in [1.165, 1.54) is 0 Å². The van der Waals surface area contributed by atoms with Crippen molar-refractivity contribution in [1.29, 1.82) is 0 Å². The van der Waals surface area contributed by atoms with Crippen molar-refractivity contribution in [3.05, 3.63) is 12.3 Å². The molecule has 0 heterocycles. The van der Waals surface area contributed by atoms with Crippen LogP contribution in [0.1, 0.15) is 6.92 Å². The Morgan fingerprint density at radius 3 is 2.64 bits per heavy atom. The monoisotopic (exact) mass is 196 g/mol. The summed E-state index contributed by atoms with van der Waals surface area (Å²) in [7, 11) is -4.31. The van der Waals surface area contributed by atoms with Crippen LogP contribution in [-0.2, 0) is 18.8 Å². The van der Waals surface area contributed by atoms with E-state index >= 15 is 0 Å². The second-order valence-corrected chi connectivity index (χ2v) is 4.56. The van der Waals surface area contributed by atoms with E-state index in [0.29, 0.717) is 0 Å². The maximum absolute atomic E-state index is 10.6. The zero-order valence-electron chi connectivity index (χ0n) is 6.45. The first kappa shape index (κ1) is 10.8. The minimum atomic E-state index is -3.72. The third kappa shape index (κ3) is 6.23. The van der Waals surface area contributed by atoms with E-state index < -0.39 is 19.9 Å². The largest absolute Gasteiger partial charge is 0.399 e. The summed E-state index contributed by atoms with van der Waals surface area (Å²) in [6.45, 7) is 5.17. The van der Waals surface area contributed by atoms with Crippen LogP contribution in [0.25, 0.3) is 0 Å². The molecule has 0 rings (SSSR count). The average molecular weight is 196 g/mol. The highest BCUT2D eigenvalue weighted by Crippen LogP contribution is 1.93. The molecule has 0 aliphatic rings. The van der Waals surface area contributed by atoms with Crippen molar-refractivity contribution in [2.24, 2.45) is 0 Å². The molecule has 66 valence electrons. The van der Waals surface area contributed by atoms with Gasteiger partial charge in [0.1, 0.15) is 0 Å². The fourth-order valence-electron chi connectivity index (χ4n) is 0.412. The minimum absolute atomic E-state index is 0.109. The SMILES string of the molecule is C=C[SiH2]COS(=O)(=O)OCC. The van der Waals surface area contributed by atoms with Gasteiger partial charge in [-0.05, 0) is 6.92 Å². The fraction of sp³-hybridized carbons (Fsp3) is 0.600. The lowest BCUT2D eigenvalue weighted by Crippen LogP contribution is -2.13. The molecule has 0 aromatic rings. The third-order valence-electron chi connectivity index (χ3n) is 0.812. The molecule has 6 heteroatoms. The Morgan fingerprint density at radius 1 is 1.55 bits per heavy atom. The quantitative estimate of drug-likeness (QED) is 0.427. The summed E-state index contributed by atoms with van der Waals surface area (Å²) in [6.07, 6.45) is 0.228. The smallest absolute Gasteiger partial charge is 0.252 e. The summed E-state index contributed by atoms with van der Waals surface area (Å²) >= 11 is 0. The van der Waals surface area contributed by atoms with Gasteiger partial charge in [-0.2, -0.15) is 8.42 Å². The van der Waals surface area contributed by atoms with E-state index in [0.717, 1.165) is 0 Å². The summed E-state index contributed by atoms with van der Waals surface area (Å²) in [5, 5.41) is 0. The van der Waals surface area contributed by atoms with Crippen LogP contribution in [0.4, 0.5) is 0 Å². The van der Waals surface area contributed by atoms with Gasteiger partial charge in [-0.15, -0.1) is 12.3 Å². The Morgan fingerprint density at radius 2 is 2.18 bits per heavy atom. The molecule has 0 fully saturated rings. The van der Waals surface area contributed by atoms with Crippen LogP contribution < -0.4 is 0 Å². The molecule has 4 nitrogen and oxygen atoms in total. The van der Waals surface area contributed by atoms with Gasteiger partial charge in [0.25, 0.3) is 0 Å². The molecular formula is C5H12O4SSi. The van der Waals surface area contributed by atoms with E-state index in [2.05, 4.69) is 14.9 Å². The molecular weight excluding hydrogens is 184 g/mol. The van der Waals surface area contributed by atoms with E-state index in [4.69, 9.17) is 0 Å². The van der Waals surface area contributed by atoms with Crippen molar-refractivity contribution < 1.29 is 16.8 Å². The van der Waals surface area contributed by atoms with E-state index in [-0.39, 0.29) is 12.8 Å². The summed E-state index contributed by atoms with van der Waals surface area (Å²) in [5.74, 6) is 0. The summed E-state index contributed by atoms with van der Waals surface area (Å²) in [6, 6.07) is 0. The molecule has 0 spiro atoms. The molecule has 0 radical (unpaired) electrons. The summed E-state index contributed by atoms with van der Waals surface area (Å²) in [4.78, 5) is 0. The van der Waals surface area contributed by atoms with Gasteiger partial charge in [0.15, 0.2) is 0 Å². The van der Waals surface area contributed by atoms with Gasteiger partial charge >= 0.3 is 10.4 Å². The number of hydrogen-bond donors (Lipinski definition) is 0. The highest BCUT2D eigenvalue weighted by molar-refractivity contribution is 7.81. The predicted molar refractivity (Wildman–Crippen MR) is 45.2 cm³/mol. The van der Waals surface area contributed by atoms with Gasteiger partial charge in [0.2, 0.25) is 0 Å². The molecule has 0 saturated heterocycles. The van der Waals surface area contributed by atoms with Gasteiger partial charge in [-0.1, -0.05) is 0 Å². The van der Waals surface area contributed by atoms with Crippen molar-refractivity contribution in [3.8, 4) is 0 Å². The van der Waals surface area contributed by atoms with Crippen LogP contribution in [0.15, 0.2) is 12.3 Å². The lowest BCUT2D eigenvalue weighted by atomic mass is 10.9. The zero-order valence-corrected chi connectivity index (χ0v) is 8.68. The topological polar surface area (TPSA) is 52.6 Å². The van der Waals surface area contributed by atoms with Crippen molar-refractivity contribution in [2.45, 2.75) is 6.92 Å². The molecule has 0 aliphatic carbocycles. The molecule has 0 N–H and O–H groups in total. The van der Waals surface area contributed by atoms with E-state index in [1.807, 2.05) is 0 Å². The molecule has 0 aliphatic heterocycles. The molecule has 0 aromatic carbocycles. The van der Waals surface area contributed by atoms with Crippen molar-refractivity contribution in [3.63, 3.8) is 0 Å². The second kappa shape index (κ2) is 5.47. The van der Waals surface area contributed by atoms with Gasteiger partial charge < -0.3 is 0 Å². The highest BCUT2D eigenvalue weighted by atomic mass is 32.3. The maximum Gasteiger partial charge on any atom is 0.399 e. The fourth-order valence-corrected chi connectivity index (χ4v) is 2.14. The molecule has 0 aromatic heterocycles. The Kier molecular flexibility index (Phi) is 5.39. The molecule has 0 atom stereocenters. The predicted octanol–water partition coefficient (Wildman–Crippen LogP) is -0.446. The van der Waals surface area contributed by atoms with Crippen molar-refractivity contribution >= 4 is 19.9 Å². The lowest BCUT2D eigenvalue weighted by Gasteiger charge is -2.01. The molecule has 0 amide bonds. The standard InChI is InChI=1S/C5H12O4SSi/c1-3-8-10(6,7)9-5-11-4-2/h4H,2-3,5,11H2,1H3. The first-order valence-corrected chi connectivity index (χ1v) is 6.42. The highest BCUT2D eigenvalue weighted by Gasteiger charge is 2.08. The normalized spacial score (nSPS) is 12.5. The number of rotatable bonds is 6. The Hall–Kier alpha value is -0.173. The first-order chi connectivity index (χ1) is 5.12. The maximum atomic E-state index is 10.6. The van der Waals surface area contributed by atoms with Crippen LogP contribution >= 0.6 is 0 Å². The summed E-state index contributed by atoms with van der Waals surface area (Å²) in [5.41, 5.74) is 1.71. The van der Waals surface area contributed by atoms with Crippen LogP contribution in [-0.4, -0.2) is 30.8 Å². The number of hydrogen-bond acceptors (Lipinski definition) is 4. The molecule has 0 saturated carbocycles. The Bertz CT molecular complexity index is 199. The van der Waals surface area contributed by atoms with Crippen molar-refractivity contribution in [2.75, 3.05) is 12.8 Å². The average Bonchev–Trinajstić information content (AvgIpc) is 1.87. The zero-order chi connectivity index (χ0) is 8.74. The minimum Gasteiger partial charge on any atom is -0.252 e. The van der Waals surface area contributed by atoms with Crippen molar-refractivity contribution in [1.82, 2.24) is 0 Å². The lowest BCUT2D eigenvalue weighted by molar-refractivity contribution is 0.246. The van der Waals surface area contributed by atoms with Gasteiger partial charge in [-0.3, -0.25) is 4.18 Å². The van der Waals surface area contributed by atoms with Crippen LogP contribution in [0.3, 0.4) is 0 Å². The van der Waals surface area contributed by atoms with Gasteiger partial charge in [0, 0.05) is 0 Å². The van der Waals surface area contributed by atoms with Crippen LogP contribution in [0.5, 0.6) is 0 Å². The van der Waals surface area contributed by atoms with Crippen LogP contribution in [0, 0.1) is 0 Å². The molecule has 0 unspecified atom stereocenters. The first-order valence-electron chi connectivity index (χ1n) is 3.27. The molecule has 0 bridgehead atoms. The third-order valence-corrected chi connectivity index (χ3v) is 2.94. The summed E-state index contributed by atoms with van der Waals surface area (Å²) < 4.78 is 30.1. The van der Waals surface area contributed by atoms with Gasteiger partial charge in [-0.25, -0.2) is 4.18 Å². The van der Waals surface area contributed by atoms with Gasteiger partial charge in [0.05, 0.1) is 22.4 Å². The second-order valence-electron chi connectivity index (χ2n) is 1.71. The Labute approximate surface area is 69.4 Å². The van der Waals surface area contributed by atoms with Crippen LogP contribution in [0.2, 0.25) is 0 Å². The molecule has 11 heavy (non-hydrogen) atoms.